The van der Waals surface area contributed by atoms with Gasteiger partial charge in [-0.25, -0.2) is 0 Å². The Bertz CT molecular complexity index is 1050. The van der Waals surface area contributed by atoms with Crippen LogP contribution in [-0.4, -0.2) is 41.1 Å². The zero-order valence-corrected chi connectivity index (χ0v) is 17.0. The third-order valence-corrected chi connectivity index (χ3v) is 5.63. The minimum Gasteiger partial charge on any atom is -0.399 e. The van der Waals surface area contributed by atoms with Crippen LogP contribution in [0.25, 0.3) is 0 Å². The largest absolute Gasteiger partial charge is 0.399 e. The second-order valence-electron chi connectivity index (χ2n) is 7.85. The molecule has 2 aromatic carbocycles. The van der Waals surface area contributed by atoms with Crippen LogP contribution in [0.15, 0.2) is 42.5 Å². The molecule has 8 nitrogen and oxygen atoms in total. The Morgan fingerprint density at radius 3 is 2.42 bits per heavy atom. The fourth-order valence-electron chi connectivity index (χ4n) is 3.96. The SMILES string of the molecule is Nc1ccc(CCCNCc2ccc3c(c2)C(=O)N(C2CCC(=O)NC2=O)C3=O)cc1. The van der Waals surface area contributed by atoms with E-state index in [9.17, 15) is 19.2 Å². The predicted octanol–water partition coefficient (Wildman–Crippen LogP) is 1.39. The lowest BCUT2D eigenvalue weighted by atomic mass is 10.0. The van der Waals surface area contributed by atoms with Crippen LogP contribution in [0.1, 0.15) is 51.1 Å². The minimum atomic E-state index is -0.944. The molecule has 2 aliphatic heterocycles. The standard InChI is InChI=1S/C23H24N4O4/c24-16-6-3-14(4-7-16)2-1-11-25-13-15-5-8-17-18(12-15)23(31)27(22(17)30)19-9-10-20(28)26-21(19)29/h3-8,12,19,25H,1-2,9-11,13,24H2,(H,26,28,29). The topological polar surface area (TPSA) is 122 Å². The molecule has 4 N–H and O–H groups in total. The van der Waals surface area contributed by atoms with Crippen LogP contribution in [0.2, 0.25) is 0 Å². The van der Waals surface area contributed by atoms with Crippen molar-refractivity contribution < 1.29 is 19.2 Å². The summed E-state index contributed by atoms with van der Waals surface area (Å²) in [6, 6.07) is 12.0. The number of rotatable bonds is 7. The van der Waals surface area contributed by atoms with Crippen molar-refractivity contribution in [2.24, 2.45) is 0 Å². The van der Waals surface area contributed by atoms with E-state index in [1.54, 1.807) is 12.1 Å². The molecule has 0 spiro atoms. The van der Waals surface area contributed by atoms with Gasteiger partial charge in [0.05, 0.1) is 11.1 Å². The monoisotopic (exact) mass is 420 g/mol. The number of amides is 4. The number of aryl methyl sites for hydroxylation is 1. The molecule has 4 rings (SSSR count). The number of fused-ring (bicyclic) bond motifs is 1. The molecule has 31 heavy (non-hydrogen) atoms. The van der Waals surface area contributed by atoms with E-state index in [0.29, 0.717) is 17.7 Å². The molecule has 1 unspecified atom stereocenters. The first-order valence-corrected chi connectivity index (χ1v) is 10.3. The van der Waals surface area contributed by atoms with Crippen molar-refractivity contribution in [3.8, 4) is 0 Å². The average molecular weight is 420 g/mol. The Hall–Kier alpha value is -3.52. The molecule has 0 aliphatic carbocycles. The van der Waals surface area contributed by atoms with Crippen LogP contribution in [0.5, 0.6) is 0 Å². The highest BCUT2D eigenvalue weighted by atomic mass is 16.2. The van der Waals surface area contributed by atoms with Crippen LogP contribution in [0.3, 0.4) is 0 Å². The van der Waals surface area contributed by atoms with E-state index in [-0.39, 0.29) is 18.7 Å². The maximum absolute atomic E-state index is 12.9. The van der Waals surface area contributed by atoms with Gasteiger partial charge in [-0.2, -0.15) is 0 Å². The average Bonchev–Trinajstić information content (AvgIpc) is 2.99. The number of nitrogens with zero attached hydrogens (tertiary/aromatic N) is 1. The summed E-state index contributed by atoms with van der Waals surface area (Å²) in [5.74, 6) is -1.96. The number of nitrogens with one attached hydrogen (secondary N) is 2. The van der Waals surface area contributed by atoms with Gasteiger partial charge in [0.15, 0.2) is 0 Å². The highest BCUT2D eigenvalue weighted by Gasteiger charge is 2.44. The molecule has 0 aromatic heterocycles. The number of carbonyl (C=O) groups excluding carboxylic acids is 4. The first kappa shape index (κ1) is 20.7. The highest BCUT2D eigenvalue weighted by molar-refractivity contribution is 6.23. The van der Waals surface area contributed by atoms with Gasteiger partial charge in [-0.3, -0.25) is 29.4 Å². The summed E-state index contributed by atoms with van der Waals surface area (Å²) in [7, 11) is 0. The molecule has 8 heteroatoms. The number of hydrogen-bond donors (Lipinski definition) is 3. The summed E-state index contributed by atoms with van der Waals surface area (Å²) in [6.07, 6.45) is 2.15. The first-order chi connectivity index (χ1) is 14.9. The molecule has 160 valence electrons. The van der Waals surface area contributed by atoms with Crippen molar-refractivity contribution >= 4 is 29.3 Å². The van der Waals surface area contributed by atoms with Gasteiger partial charge in [-0.05, 0) is 61.2 Å². The van der Waals surface area contributed by atoms with Crippen LogP contribution < -0.4 is 16.4 Å². The van der Waals surface area contributed by atoms with Gasteiger partial charge in [0.25, 0.3) is 11.8 Å². The Balaban J connectivity index is 1.34. The molecule has 1 fully saturated rings. The van der Waals surface area contributed by atoms with E-state index in [1.165, 1.54) is 5.56 Å². The van der Waals surface area contributed by atoms with Crippen LogP contribution in [-0.2, 0) is 22.6 Å². The molecule has 2 aliphatic rings. The summed E-state index contributed by atoms with van der Waals surface area (Å²) in [5.41, 5.74) is 9.16. The summed E-state index contributed by atoms with van der Waals surface area (Å²) >= 11 is 0. The summed E-state index contributed by atoms with van der Waals surface area (Å²) < 4.78 is 0. The van der Waals surface area contributed by atoms with E-state index in [0.717, 1.165) is 35.5 Å². The zero-order valence-electron chi connectivity index (χ0n) is 17.0. The van der Waals surface area contributed by atoms with E-state index < -0.39 is 23.8 Å². The van der Waals surface area contributed by atoms with E-state index in [4.69, 9.17) is 5.73 Å². The fraction of sp³-hybridized carbons (Fsp3) is 0.304. The van der Waals surface area contributed by atoms with Crippen molar-refractivity contribution in [1.82, 2.24) is 15.5 Å². The third-order valence-electron chi connectivity index (χ3n) is 5.63. The maximum atomic E-state index is 12.9. The van der Waals surface area contributed by atoms with Crippen LogP contribution in [0, 0.1) is 0 Å². The number of nitrogens with two attached hydrogens (primary N) is 1. The number of nitrogen functional groups attached to an aromatic ring is 1. The molecular formula is C23H24N4O4. The molecule has 0 bridgehead atoms. The van der Waals surface area contributed by atoms with Crippen molar-refractivity contribution in [2.45, 2.75) is 38.3 Å². The van der Waals surface area contributed by atoms with Gasteiger partial charge in [-0.15, -0.1) is 0 Å². The van der Waals surface area contributed by atoms with Gasteiger partial charge in [0, 0.05) is 18.7 Å². The Morgan fingerprint density at radius 2 is 1.68 bits per heavy atom. The number of imide groups is 2. The lowest BCUT2D eigenvalue weighted by Gasteiger charge is -2.27. The Morgan fingerprint density at radius 1 is 0.968 bits per heavy atom. The summed E-state index contributed by atoms with van der Waals surface area (Å²) in [5, 5.41) is 5.55. The molecule has 4 amide bonds. The molecule has 0 radical (unpaired) electrons. The number of anilines is 1. The summed E-state index contributed by atoms with van der Waals surface area (Å²) in [4.78, 5) is 50.0. The minimum absolute atomic E-state index is 0.106. The fourth-order valence-corrected chi connectivity index (χ4v) is 3.96. The number of carbonyl (C=O) groups is 4. The second-order valence-corrected chi connectivity index (χ2v) is 7.85. The quantitative estimate of drug-likeness (QED) is 0.354. The first-order valence-electron chi connectivity index (χ1n) is 10.3. The molecular weight excluding hydrogens is 396 g/mol. The van der Waals surface area contributed by atoms with Gasteiger partial charge < -0.3 is 11.1 Å². The van der Waals surface area contributed by atoms with Gasteiger partial charge in [-0.1, -0.05) is 18.2 Å². The van der Waals surface area contributed by atoms with Crippen molar-refractivity contribution in [1.29, 1.82) is 0 Å². The van der Waals surface area contributed by atoms with Gasteiger partial charge in [0.2, 0.25) is 11.8 Å². The van der Waals surface area contributed by atoms with E-state index in [1.807, 2.05) is 30.3 Å². The van der Waals surface area contributed by atoms with Crippen molar-refractivity contribution in [3.63, 3.8) is 0 Å². The number of benzene rings is 2. The van der Waals surface area contributed by atoms with E-state index >= 15 is 0 Å². The van der Waals surface area contributed by atoms with Crippen LogP contribution >= 0.6 is 0 Å². The Labute approximate surface area is 179 Å². The highest BCUT2D eigenvalue weighted by Crippen LogP contribution is 2.28. The van der Waals surface area contributed by atoms with Crippen molar-refractivity contribution in [2.75, 3.05) is 12.3 Å². The smallest absolute Gasteiger partial charge is 0.262 e. The van der Waals surface area contributed by atoms with Crippen LogP contribution in [0.4, 0.5) is 5.69 Å². The molecule has 1 saturated heterocycles. The lowest BCUT2D eigenvalue weighted by molar-refractivity contribution is -0.136. The van der Waals surface area contributed by atoms with Gasteiger partial charge >= 0.3 is 0 Å². The normalized spacial score (nSPS) is 18.3. The Kier molecular flexibility index (Phi) is 5.81. The lowest BCUT2D eigenvalue weighted by Crippen LogP contribution is -2.54. The summed E-state index contributed by atoms with van der Waals surface area (Å²) in [6.45, 7) is 1.37. The zero-order chi connectivity index (χ0) is 22.0. The second kappa shape index (κ2) is 8.69. The number of piperidine rings is 1. The molecule has 2 heterocycles. The van der Waals surface area contributed by atoms with E-state index in [2.05, 4.69) is 10.6 Å². The maximum Gasteiger partial charge on any atom is 0.262 e. The number of hydrogen-bond acceptors (Lipinski definition) is 6. The van der Waals surface area contributed by atoms with Crippen molar-refractivity contribution in [3.05, 3.63) is 64.7 Å². The molecule has 2 aromatic rings. The van der Waals surface area contributed by atoms with Gasteiger partial charge in [0.1, 0.15) is 6.04 Å². The predicted molar refractivity (Wildman–Crippen MR) is 114 cm³/mol. The molecule has 0 saturated carbocycles. The molecule has 1 atom stereocenters. The third kappa shape index (κ3) is 4.34.